The third-order valence-electron chi connectivity index (χ3n) is 3.89. The Morgan fingerprint density at radius 1 is 1.12 bits per heavy atom. The van der Waals surface area contributed by atoms with Gasteiger partial charge in [-0.1, -0.05) is 23.3 Å². The molecule has 124 valence electrons. The lowest BCUT2D eigenvalue weighted by atomic mass is 10.0. The zero-order valence-corrected chi connectivity index (χ0v) is 13.9. The van der Waals surface area contributed by atoms with E-state index < -0.39 is 0 Å². The van der Waals surface area contributed by atoms with Crippen LogP contribution in [0.3, 0.4) is 0 Å². The number of amides is 1. The molecule has 1 amide bonds. The molecule has 0 unspecified atom stereocenters. The normalized spacial score (nSPS) is 10.3. The number of aromatic nitrogens is 2. The van der Waals surface area contributed by atoms with Gasteiger partial charge >= 0.3 is 6.01 Å². The van der Waals surface area contributed by atoms with Crippen molar-refractivity contribution in [3.8, 4) is 6.07 Å². The van der Waals surface area contributed by atoms with Crippen LogP contribution in [0.1, 0.15) is 38.5 Å². The summed E-state index contributed by atoms with van der Waals surface area (Å²) in [5.41, 5.74) is 4.39. The topological polar surface area (TPSA) is 91.8 Å². The number of anilines is 1. The molecule has 0 aliphatic rings. The molecular weight excluding hydrogens is 316 g/mol. The van der Waals surface area contributed by atoms with Gasteiger partial charge in [-0.3, -0.25) is 10.1 Å². The molecule has 3 rings (SSSR count). The van der Waals surface area contributed by atoms with Gasteiger partial charge in [-0.2, -0.15) is 5.26 Å². The summed E-state index contributed by atoms with van der Waals surface area (Å²) in [7, 11) is 0. The van der Waals surface area contributed by atoms with Crippen molar-refractivity contribution in [1.29, 1.82) is 5.26 Å². The molecule has 0 aliphatic carbocycles. The average molecular weight is 332 g/mol. The lowest BCUT2D eigenvalue weighted by molar-refractivity contribution is 0.102. The molecule has 0 radical (unpaired) electrons. The molecule has 25 heavy (non-hydrogen) atoms. The van der Waals surface area contributed by atoms with E-state index >= 15 is 0 Å². The van der Waals surface area contributed by atoms with Crippen LogP contribution in [0.2, 0.25) is 0 Å². The zero-order valence-electron chi connectivity index (χ0n) is 13.9. The molecule has 0 fully saturated rings. The highest BCUT2D eigenvalue weighted by atomic mass is 16.4. The number of hydrogen-bond acceptors (Lipinski definition) is 5. The van der Waals surface area contributed by atoms with Crippen LogP contribution >= 0.6 is 0 Å². The smallest absolute Gasteiger partial charge is 0.322 e. The molecule has 0 spiro atoms. The zero-order chi connectivity index (χ0) is 17.8. The second-order valence-corrected chi connectivity index (χ2v) is 5.74. The van der Waals surface area contributed by atoms with Crippen LogP contribution < -0.4 is 5.32 Å². The van der Waals surface area contributed by atoms with E-state index in [0.29, 0.717) is 23.4 Å². The molecule has 0 saturated heterocycles. The van der Waals surface area contributed by atoms with Gasteiger partial charge in [0.2, 0.25) is 5.89 Å². The minimum absolute atomic E-state index is 0.0493. The monoisotopic (exact) mass is 332 g/mol. The summed E-state index contributed by atoms with van der Waals surface area (Å²) in [5, 5.41) is 19.1. The molecule has 0 bridgehead atoms. The number of nitrogens with one attached hydrogen (secondary N) is 1. The molecular formula is C19H16N4O2. The van der Waals surface area contributed by atoms with Crippen LogP contribution in [0.15, 0.2) is 46.9 Å². The first-order chi connectivity index (χ1) is 12.0. The van der Waals surface area contributed by atoms with E-state index in [4.69, 9.17) is 9.68 Å². The van der Waals surface area contributed by atoms with E-state index in [1.165, 1.54) is 11.1 Å². The van der Waals surface area contributed by atoms with Crippen LogP contribution in [0.4, 0.5) is 6.01 Å². The fourth-order valence-corrected chi connectivity index (χ4v) is 2.33. The number of benzene rings is 2. The number of hydrogen-bond donors (Lipinski definition) is 1. The number of nitrogens with zero attached hydrogens (tertiary/aromatic N) is 3. The van der Waals surface area contributed by atoms with Gasteiger partial charge in [0.05, 0.1) is 18.1 Å². The van der Waals surface area contributed by atoms with Crippen molar-refractivity contribution in [3.63, 3.8) is 0 Å². The van der Waals surface area contributed by atoms with Crippen molar-refractivity contribution in [2.75, 3.05) is 5.32 Å². The van der Waals surface area contributed by atoms with Gasteiger partial charge in [0, 0.05) is 5.56 Å². The molecule has 1 heterocycles. The molecule has 0 aliphatic heterocycles. The minimum Gasteiger partial charge on any atom is -0.407 e. The Morgan fingerprint density at radius 3 is 2.56 bits per heavy atom. The summed E-state index contributed by atoms with van der Waals surface area (Å²) in [4.78, 5) is 12.1. The van der Waals surface area contributed by atoms with Crippen LogP contribution in [-0.2, 0) is 6.42 Å². The third-order valence-corrected chi connectivity index (χ3v) is 3.89. The lowest BCUT2D eigenvalue weighted by Crippen LogP contribution is -2.12. The summed E-state index contributed by atoms with van der Waals surface area (Å²) in [6.07, 6.45) is 0.501. The van der Waals surface area contributed by atoms with Crippen molar-refractivity contribution < 1.29 is 9.21 Å². The quantitative estimate of drug-likeness (QED) is 0.790. The molecule has 6 nitrogen and oxygen atoms in total. The van der Waals surface area contributed by atoms with E-state index in [0.717, 1.165) is 5.56 Å². The van der Waals surface area contributed by atoms with E-state index in [2.05, 4.69) is 41.5 Å². The van der Waals surface area contributed by atoms with E-state index in [1.807, 2.05) is 12.1 Å². The summed E-state index contributed by atoms with van der Waals surface area (Å²) >= 11 is 0. The van der Waals surface area contributed by atoms with Gasteiger partial charge in [-0.05, 0) is 54.8 Å². The fraction of sp³-hybridized carbons (Fsp3) is 0.158. The lowest BCUT2D eigenvalue weighted by Gasteiger charge is -2.02. The summed E-state index contributed by atoms with van der Waals surface area (Å²) in [6.45, 7) is 4.11. The summed E-state index contributed by atoms with van der Waals surface area (Å²) < 4.78 is 5.49. The first-order valence-corrected chi connectivity index (χ1v) is 7.75. The van der Waals surface area contributed by atoms with Crippen molar-refractivity contribution in [2.45, 2.75) is 20.3 Å². The van der Waals surface area contributed by atoms with Gasteiger partial charge < -0.3 is 4.42 Å². The van der Waals surface area contributed by atoms with Gasteiger partial charge in [0.15, 0.2) is 0 Å². The SMILES string of the molecule is Cc1ccc(Cc2nnc(NC(=O)c3ccc(C#N)cc3)o2)cc1C. The largest absolute Gasteiger partial charge is 0.407 e. The van der Waals surface area contributed by atoms with Crippen LogP contribution in [-0.4, -0.2) is 16.1 Å². The van der Waals surface area contributed by atoms with E-state index in [-0.39, 0.29) is 11.9 Å². The summed E-state index contributed by atoms with van der Waals surface area (Å²) in [5.74, 6) is 0.0595. The van der Waals surface area contributed by atoms with Crippen molar-refractivity contribution >= 4 is 11.9 Å². The Morgan fingerprint density at radius 2 is 1.88 bits per heavy atom. The number of rotatable bonds is 4. The molecule has 1 aromatic heterocycles. The van der Waals surface area contributed by atoms with Crippen molar-refractivity contribution in [1.82, 2.24) is 10.2 Å². The second-order valence-electron chi connectivity index (χ2n) is 5.74. The third kappa shape index (κ3) is 3.90. The Bertz CT molecular complexity index is 952. The van der Waals surface area contributed by atoms with Gasteiger partial charge in [-0.15, -0.1) is 5.10 Å². The average Bonchev–Trinajstić information content (AvgIpc) is 3.05. The maximum atomic E-state index is 12.1. The highest BCUT2D eigenvalue weighted by molar-refractivity contribution is 6.03. The molecule has 2 aromatic carbocycles. The van der Waals surface area contributed by atoms with E-state index in [1.54, 1.807) is 24.3 Å². The Balaban J connectivity index is 1.67. The Kier molecular flexibility index (Phi) is 4.57. The first-order valence-electron chi connectivity index (χ1n) is 7.75. The summed E-state index contributed by atoms with van der Waals surface area (Å²) in [6, 6.07) is 14.5. The molecule has 6 heteroatoms. The van der Waals surface area contributed by atoms with Gasteiger partial charge in [0.25, 0.3) is 5.91 Å². The Labute approximate surface area is 145 Å². The second kappa shape index (κ2) is 6.97. The predicted octanol–water partition coefficient (Wildman–Crippen LogP) is 3.40. The highest BCUT2D eigenvalue weighted by Gasteiger charge is 2.12. The Hall–Kier alpha value is -3.46. The fourth-order valence-electron chi connectivity index (χ4n) is 2.33. The predicted molar refractivity (Wildman–Crippen MR) is 92.1 cm³/mol. The number of carbonyl (C=O) groups excluding carboxylic acids is 1. The van der Waals surface area contributed by atoms with Crippen molar-refractivity contribution in [2.24, 2.45) is 0 Å². The van der Waals surface area contributed by atoms with Crippen LogP contribution in [0, 0.1) is 25.2 Å². The minimum atomic E-state index is -0.370. The molecule has 3 aromatic rings. The van der Waals surface area contributed by atoms with Crippen LogP contribution in [0.25, 0.3) is 0 Å². The number of carbonyl (C=O) groups is 1. The van der Waals surface area contributed by atoms with E-state index in [9.17, 15) is 4.79 Å². The molecule has 0 saturated carbocycles. The molecule has 1 N–H and O–H groups in total. The first kappa shape index (κ1) is 16.4. The maximum Gasteiger partial charge on any atom is 0.322 e. The number of nitriles is 1. The van der Waals surface area contributed by atoms with Crippen LogP contribution in [0.5, 0.6) is 0 Å². The van der Waals surface area contributed by atoms with Crippen molar-refractivity contribution in [3.05, 3.63) is 76.2 Å². The molecule has 0 atom stereocenters. The number of aryl methyl sites for hydroxylation is 2. The van der Waals surface area contributed by atoms with Gasteiger partial charge in [-0.25, -0.2) is 0 Å². The standard InChI is InChI=1S/C19H16N4O2/c1-12-3-4-15(9-13(12)2)10-17-22-23-19(25-17)21-18(24)16-7-5-14(11-20)6-8-16/h3-9H,10H2,1-2H3,(H,21,23,24). The highest BCUT2D eigenvalue weighted by Crippen LogP contribution is 2.15. The van der Waals surface area contributed by atoms with Gasteiger partial charge in [0.1, 0.15) is 0 Å². The maximum absolute atomic E-state index is 12.1.